The van der Waals surface area contributed by atoms with Crippen LogP contribution < -0.4 is 5.32 Å². The van der Waals surface area contributed by atoms with E-state index in [9.17, 15) is 0 Å². The first-order valence-electron chi connectivity index (χ1n) is 5.11. The first kappa shape index (κ1) is 9.38. The molecule has 76 valence electrons. The number of allylic oxidation sites excluding steroid dienone is 4. The molecule has 14 heavy (non-hydrogen) atoms. The van der Waals surface area contributed by atoms with Gasteiger partial charge in [0.2, 0.25) is 0 Å². The third kappa shape index (κ3) is 1.45. The number of nitrogens with one attached hydrogen (secondary N) is 1. The molecule has 2 heteroatoms. The number of hydrogen-bond donors (Lipinski definition) is 1. The summed E-state index contributed by atoms with van der Waals surface area (Å²) in [5, 5.41) is 3.19. The molecule has 1 heterocycles. The van der Waals surface area contributed by atoms with E-state index in [1.807, 2.05) is 0 Å². The highest BCUT2D eigenvalue weighted by atomic mass is 16.5. The zero-order valence-corrected chi connectivity index (χ0v) is 9.00. The number of hydrogen-bond acceptors (Lipinski definition) is 2. The van der Waals surface area contributed by atoms with Gasteiger partial charge in [0.05, 0.1) is 5.70 Å². The molecule has 0 spiro atoms. The summed E-state index contributed by atoms with van der Waals surface area (Å²) in [7, 11) is 0. The highest BCUT2D eigenvalue weighted by molar-refractivity contribution is 5.36. The molecule has 0 aromatic heterocycles. The maximum Gasteiger partial charge on any atom is 0.159 e. The Balaban J connectivity index is 2.30. The Bertz CT molecular complexity index is 299. The summed E-state index contributed by atoms with van der Waals surface area (Å²) in [4.78, 5) is 0. The Hall–Kier alpha value is -1.18. The molecular formula is C12H17NO. The molecule has 0 amide bonds. The quantitative estimate of drug-likeness (QED) is 0.687. The normalized spacial score (nSPS) is 30.0. The monoisotopic (exact) mass is 191 g/mol. The van der Waals surface area contributed by atoms with Crippen molar-refractivity contribution in [3.8, 4) is 0 Å². The van der Waals surface area contributed by atoms with E-state index < -0.39 is 0 Å². The first-order chi connectivity index (χ1) is 6.62. The Kier molecular flexibility index (Phi) is 2.14. The van der Waals surface area contributed by atoms with Gasteiger partial charge in [0.15, 0.2) is 6.73 Å². The van der Waals surface area contributed by atoms with Gasteiger partial charge in [-0.25, -0.2) is 0 Å². The van der Waals surface area contributed by atoms with Crippen LogP contribution in [0.25, 0.3) is 0 Å². The van der Waals surface area contributed by atoms with E-state index in [4.69, 9.17) is 4.74 Å². The number of rotatable bonds is 1. The first-order valence-corrected chi connectivity index (χ1v) is 5.11. The highest BCUT2D eigenvalue weighted by Gasteiger charge is 2.25. The van der Waals surface area contributed by atoms with Crippen LogP contribution in [0.2, 0.25) is 0 Å². The fourth-order valence-corrected chi connectivity index (χ4v) is 1.59. The molecule has 1 atom stereocenters. The van der Waals surface area contributed by atoms with Gasteiger partial charge in [0.1, 0.15) is 5.76 Å². The second-order valence-corrected chi connectivity index (χ2v) is 4.43. The Morgan fingerprint density at radius 3 is 2.79 bits per heavy atom. The average Bonchev–Trinajstić information content (AvgIpc) is 2.53. The predicted molar refractivity (Wildman–Crippen MR) is 57.3 cm³/mol. The van der Waals surface area contributed by atoms with E-state index in [0.717, 1.165) is 11.5 Å². The van der Waals surface area contributed by atoms with Crippen LogP contribution in [0.4, 0.5) is 0 Å². The van der Waals surface area contributed by atoms with E-state index in [-0.39, 0.29) is 5.41 Å². The van der Waals surface area contributed by atoms with Crippen molar-refractivity contribution in [3.05, 3.63) is 35.8 Å². The summed E-state index contributed by atoms with van der Waals surface area (Å²) in [5.74, 6) is 1.56. The molecule has 1 aliphatic heterocycles. The molecule has 1 aliphatic carbocycles. The molecule has 0 saturated heterocycles. The summed E-state index contributed by atoms with van der Waals surface area (Å²) in [6, 6.07) is 0. The minimum absolute atomic E-state index is 0.134. The third-order valence-electron chi connectivity index (χ3n) is 3.20. The van der Waals surface area contributed by atoms with Crippen LogP contribution in [-0.2, 0) is 4.74 Å². The molecule has 0 bridgehead atoms. The van der Waals surface area contributed by atoms with Crippen molar-refractivity contribution < 1.29 is 4.74 Å². The van der Waals surface area contributed by atoms with Crippen LogP contribution in [0.5, 0.6) is 0 Å². The third-order valence-corrected chi connectivity index (χ3v) is 3.20. The highest BCUT2D eigenvalue weighted by Crippen LogP contribution is 2.34. The smallest absolute Gasteiger partial charge is 0.159 e. The second kappa shape index (κ2) is 3.19. The van der Waals surface area contributed by atoms with Gasteiger partial charge in [-0.2, -0.15) is 0 Å². The van der Waals surface area contributed by atoms with Crippen molar-refractivity contribution >= 4 is 0 Å². The van der Waals surface area contributed by atoms with Crippen molar-refractivity contribution in [3.63, 3.8) is 0 Å². The van der Waals surface area contributed by atoms with Gasteiger partial charge >= 0.3 is 0 Å². The van der Waals surface area contributed by atoms with Crippen molar-refractivity contribution in [1.29, 1.82) is 0 Å². The lowest BCUT2D eigenvalue weighted by Gasteiger charge is -2.26. The van der Waals surface area contributed by atoms with E-state index in [0.29, 0.717) is 12.6 Å². The molecule has 2 aliphatic rings. The van der Waals surface area contributed by atoms with Gasteiger partial charge in [0, 0.05) is 5.41 Å². The molecule has 2 rings (SSSR count). The summed E-state index contributed by atoms with van der Waals surface area (Å²) >= 11 is 0. The lowest BCUT2D eigenvalue weighted by molar-refractivity contribution is 0.243. The maximum absolute atomic E-state index is 5.44. The molecule has 0 aromatic carbocycles. The van der Waals surface area contributed by atoms with E-state index in [1.165, 1.54) is 0 Å². The fourth-order valence-electron chi connectivity index (χ4n) is 1.59. The fraction of sp³-hybridized carbons (Fsp3) is 0.500. The van der Waals surface area contributed by atoms with E-state index in [2.05, 4.69) is 50.4 Å². The van der Waals surface area contributed by atoms with Crippen LogP contribution in [0, 0.1) is 11.3 Å². The summed E-state index contributed by atoms with van der Waals surface area (Å²) in [6.07, 6.45) is 8.68. The zero-order valence-electron chi connectivity index (χ0n) is 9.00. The number of ether oxygens (including phenoxy) is 1. The minimum atomic E-state index is 0.134. The average molecular weight is 191 g/mol. The van der Waals surface area contributed by atoms with Crippen molar-refractivity contribution in [1.82, 2.24) is 5.32 Å². The van der Waals surface area contributed by atoms with E-state index in [1.54, 1.807) is 0 Å². The van der Waals surface area contributed by atoms with E-state index >= 15 is 0 Å². The van der Waals surface area contributed by atoms with Gasteiger partial charge in [-0.05, 0) is 18.1 Å². The summed E-state index contributed by atoms with van der Waals surface area (Å²) < 4.78 is 5.44. The molecular weight excluding hydrogens is 174 g/mol. The van der Waals surface area contributed by atoms with Crippen LogP contribution in [0.1, 0.15) is 20.8 Å². The second-order valence-electron chi connectivity index (χ2n) is 4.43. The van der Waals surface area contributed by atoms with Gasteiger partial charge < -0.3 is 10.1 Å². The molecule has 0 saturated carbocycles. The van der Waals surface area contributed by atoms with Crippen molar-refractivity contribution in [2.24, 2.45) is 11.3 Å². The lowest BCUT2D eigenvalue weighted by Crippen LogP contribution is -2.17. The Morgan fingerprint density at radius 2 is 2.07 bits per heavy atom. The SMILES string of the molecule is CC(C)C1(C)C=CC2=C(C=C1)OCN2. The molecule has 0 fully saturated rings. The van der Waals surface area contributed by atoms with Crippen LogP contribution in [0.15, 0.2) is 35.8 Å². The van der Waals surface area contributed by atoms with Gasteiger partial charge in [0.25, 0.3) is 0 Å². The summed E-state index contributed by atoms with van der Waals surface area (Å²) in [5.41, 5.74) is 1.24. The zero-order chi connectivity index (χ0) is 10.2. The lowest BCUT2D eigenvalue weighted by atomic mass is 9.79. The van der Waals surface area contributed by atoms with Gasteiger partial charge in [-0.3, -0.25) is 0 Å². The standard InChI is InChI=1S/C12H17NO/c1-9(2)12(3)6-4-10-11(5-7-12)14-8-13-10/h4-7,9,13H,8H2,1-3H3. The molecule has 1 unspecified atom stereocenters. The molecule has 2 nitrogen and oxygen atoms in total. The molecule has 0 radical (unpaired) electrons. The topological polar surface area (TPSA) is 21.3 Å². The Labute approximate surface area is 85.3 Å². The van der Waals surface area contributed by atoms with Gasteiger partial charge in [-0.15, -0.1) is 0 Å². The van der Waals surface area contributed by atoms with Crippen molar-refractivity contribution in [2.75, 3.05) is 6.73 Å². The molecule has 1 N–H and O–H groups in total. The van der Waals surface area contributed by atoms with Crippen LogP contribution in [-0.4, -0.2) is 6.73 Å². The minimum Gasteiger partial charge on any atom is -0.471 e. The predicted octanol–water partition coefficient (Wildman–Crippen LogP) is 2.56. The van der Waals surface area contributed by atoms with Crippen molar-refractivity contribution in [2.45, 2.75) is 20.8 Å². The largest absolute Gasteiger partial charge is 0.471 e. The Morgan fingerprint density at radius 1 is 1.36 bits per heavy atom. The maximum atomic E-state index is 5.44. The van der Waals surface area contributed by atoms with Crippen LogP contribution in [0.3, 0.4) is 0 Å². The van der Waals surface area contributed by atoms with Crippen LogP contribution >= 0.6 is 0 Å². The van der Waals surface area contributed by atoms with Gasteiger partial charge in [-0.1, -0.05) is 32.9 Å². The molecule has 0 aromatic rings. The summed E-state index contributed by atoms with van der Waals surface area (Å²) in [6.45, 7) is 7.31.